The second-order valence-corrected chi connectivity index (χ2v) is 8.65. The van der Waals surface area contributed by atoms with E-state index in [0.29, 0.717) is 22.8 Å². The smallest absolute Gasteiger partial charge is 0.408 e. The molecule has 2 N–H and O–H groups in total. The van der Waals surface area contributed by atoms with Gasteiger partial charge in [0, 0.05) is 36.8 Å². The number of oxazole rings is 1. The average Bonchev–Trinajstić information content (AvgIpc) is 3.05. The van der Waals surface area contributed by atoms with Gasteiger partial charge in [0.2, 0.25) is 5.91 Å². The molecule has 0 radical (unpaired) electrons. The van der Waals surface area contributed by atoms with Gasteiger partial charge in [-0.05, 0) is 70.6 Å². The van der Waals surface area contributed by atoms with Crippen molar-refractivity contribution in [2.24, 2.45) is 5.73 Å². The first-order valence-electron chi connectivity index (χ1n) is 10.7. The van der Waals surface area contributed by atoms with Gasteiger partial charge in [-0.1, -0.05) is 0 Å². The quantitative estimate of drug-likeness (QED) is 0.773. The van der Waals surface area contributed by atoms with E-state index in [2.05, 4.69) is 18.7 Å². The number of benzene rings is 1. The Labute approximate surface area is 182 Å². The summed E-state index contributed by atoms with van der Waals surface area (Å²) in [5, 5.41) is 0. The highest BCUT2D eigenvalue weighted by Crippen LogP contribution is 2.38. The van der Waals surface area contributed by atoms with Crippen LogP contribution in [0, 0.1) is 0 Å². The highest BCUT2D eigenvalue weighted by atomic mass is 35.5. The number of halogens is 1. The molecular weight excluding hydrogens is 406 g/mol. The van der Waals surface area contributed by atoms with Crippen molar-refractivity contribution in [1.29, 1.82) is 0 Å². The Morgan fingerprint density at radius 1 is 1.23 bits per heavy atom. The fraction of sp³-hybridized carbons (Fsp3) is 0.636. The molecule has 7 nitrogen and oxygen atoms in total. The lowest BCUT2D eigenvalue weighted by Gasteiger charge is -2.48. The molecule has 2 aromatic rings. The predicted molar refractivity (Wildman–Crippen MR) is 118 cm³/mol. The predicted octanol–water partition coefficient (Wildman–Crippen LogP) is 3.49. The van der Waals surface area contributed by atoms with Crippen molar-refractivity contribution in [2.75, 3.05) is 19.7 Å². The summed E-state index contributed by atoms with van der Waals surface area (Å²) in [6.45, 7) is 7.13. The van der Waals surface area contributed by atoms with Crippen LogP contribution in [0.5, 0.6) is 0 Å². The highest BCUT2D eigenvalue weighted by molar-refractivity contribution is 5.96. The van der Waals surface area contributed by atoms with Crippen molar-refractivity contribution in [3.05, 3.63) is 34.3 Å². The number of nitrogens with two attached hydrogens (primary N) is 1. The summed E-state index contributed by atoms with van der Waals surface area (Å²) in [6, 6.07) is 5.00. The summed E-state index contributed by atoms with van der Waals surface area (Å²) in [4.78, 5) is 26.7. The standard InChI is InChI=1S/C22H31N3O4.ClH/c1-3-28-17-6-10-22(2,11-7-17)24-12-8-16(9-13-24)25-18-14-15(20(23)26)4-5-19(18)29-21(25)27;/h4-5,14,16-17H,3,6-13H2,1-2H3,(H2,23,26);1H. The second-order valence-electron chi connectivity index (χ2n) is 8.65. The third kappa shape index (κ3) is 4.29. The molecule has 2 aliphatic rings. The number of carbonyl (C=O) groups excluding carboxylic acids is 1. The summed E-state index contributed by atoms with van der Waals surface area (Å²) in [5.74, 6) is -0.860. The van der Waals surface area contributed by atoms with Crippen molar-refractivity contribution in [3.8, 4) is 0 Å². The number of nitrogens with zero attached hydrogens (tertiary/aromatic N) is 2. The van der Waals surface area contributed by atoms with Gasteiger partial charge in [0.25, 0.3) is 0 Å². The molecule has 2 fully saturated rings. The molecule has 1 aliphatic heterocycles. The Kier molecular flexibility index (Phi) is 6.95. The summed E-state index contributed by atoms with van der Waals surface area (Å²) >= 11 is 0. The van der Waals surface area contributed by atoms with E-state index in [9.17, 15) is 9.59 Å². The van der Waals surface area contributed by atoms with Crippen LogP contribution in [0.3, 0.4) is 0 Å². The topological polar surface area (TPSA) is 90.7 Å². The highest BCUT2D eigenvalue weighted by Gasteiger charge is 2.38. The summed E-state index contributed by atoms with van der Waals surface area (Å²) in [6.07, 6.45) is 6.72. The maximum absolute atomic E-state index is 12.5. The molecule has 1 saturated heterocycles. The monoisotopic (exact) mass is 437 g/mol. The Morgan fingerprint density at radius 3 is 2.50 bits per heavy atom. The Balaban J connectivity index is 0.00000256. The van der Waals surface area contributed by atoms with Crippen LogP contribution in [-0.4, -0.2) is 46.7 Å². The minimum absolute atomic E-state index is 0. The van der Waals surface area contributed by atoms with E-state index in [4.69, 9.17) is 14.9 Å². The molecule has 0 atom stereocenters. The molecule has 30 heavy (non-hydrogen) atoms. The fourth-order valence-electron chi connectivity index (χ4n) is 5.13. The first kappa shape index (κ1) is 22.8. The zero-order valence-corrected chi connectivity index (χ0v) is 18.6. The second kappa shape index (κ2) is 9.12. The largest absolute Gasteiger partial charge is 0.420 e. The number of hydrogen-bond acceptors (Lipinski definition) is 5. The number of aromatic nitrogens is 1. The zero-order valence-electron chi connectivity index (χ0n) is 17.8. The maximum Gasteiger partial charge on any atom is 0.420 e. The number of likely N-dealkylation sites (tertiary alicyclic amines) is 1. The van der Waals surface area contributed by atoms with E-state index in [0.717, 1.165) is 58.2 Å². The molecule has 8 heteroatoms. The molecule has 1 saturated carbocycles. The number of carbonyl (C=O) groups is 1. The van der Waals surface area contributed by atoms with Crippen molar-refractivity contribution >= 4 is 29.4 Å². The van der Waals surface area contributed by atoms with Crippen molar-refractivity contribution < 1.29 is 13.9 Å². The third-order valence-corrected chi connectivity index (χ3v) is 6.90. The Morgan fingerprint density at radius 2 is 1.90 bits per heavy atom. The first-order chi connectivity index (χ1) is 13.9. The lowest BCUT2D eigenvalue weighted by atomic mass is 9.79. The van der Waals surface area contributed by atoms with Crippen LogP contribution >= 0.6 is 12.4 Å². The van der Waals surface area contributed by atoms with Crippen molar-refractivity contribution in [2.45, 2.75) is 70.1 Å². The van der Waals surface area contributed by atoms with E-state index in [1.807, 2.05) is 0 Å². The van der Waals surface area contributed by atoms with Crippen molar-refractivity contribution in [1.82, 2.24) is 9.47 Å². The molecule has 1 aromatic carbocycles. The lowest BCUT2D eigenvalue weighted by Crippen LogP contribution is -2.52. The van der Waals surface area contributed by atoms with E-state index >= 15 is 0 Å². The van der Waals surface area contributed by atoms with E-state index < -0.39 is 5.91 Å². The van der Waals surface area contributed by atoms with Gasteiger partial charge in [-0.2, -0.15) is 0 Å². The molecule has 0 unspecified atom stereocenters. The molecule has 1 aliphatic carbocycles. The van der Waals surface area contributed by atoms with E-state index in [-0.39, 0.29) is 29.7 Å². The molecule has 1 amide bonds. The minimum atomic E-state index is -0.502. The fourth-order valence-corrected chi connectivity index (χ4v) is 5.13. The van der Waals surface area contributed by atoms with Crippen LogP contribution in [0.1, 0.15) is 68.8 Å². The minimum Gasteiger partial charge on any atom is -0.408 e. The number of fused-ring (bicyclic) bond motifs is 1. The summed E-state index contributed by atoms with van der Waals surface area (Å²) < 4.78 is 12.9. The number of primary amides is 1. The number of amides is 1. The van der Waals surface area contributed by atoms with Crippen LogP contribution in [0.2, 0.25) is 0 Å². The van der Waals surface area contributed by atoms with Crippen LogP contribution < -0.4 is 11.5 Å². The number of rotatable bonds is 5. The van der Waals surface area contributed by atoms with Gasteiger partial charge in [-0.15, -0.1) is 12.4 Å². The van der Waals surface area contributed by atoms with Crippen LogP contribution in [-0.2, 0) is 4.74 Å². The van der Waals surface area contributed by atoms with E-state index in [1.54, 1.807) is 22.8 Å². The number of piperidine rings is 1. The van der Waals surface area contributed by atoms with Gasteiger partial charge in [0.05, 0.1) is 11.6 Å². The average molecular weight is 438 g/mol. The number of hydrogen-bond donors (Lipinski definition) is 1. The normalized spacial score (nSPS) is 25.9. The van der Waals surface area contributed by atoms with Gasteiger partial charge in [0.1, 0.15) is 0 Å². The molecule has 1 aromatic heterocycles. The van der Waals surface area contributed by atoms with Gasteiger partial charge in [0.15, 0.2) is 5.58 Å². The van der Waals surface area contributed by atoms with Gasteiger partial charge in [-0.3, -0.25) is 14.3 Å². The van der Waals surface area contributed by atoms with E-state index in [1.165, 1.54) is 0 Å². The molecule has 2 heterocycles. The molecule has 166 valence electrons. The van der Waals surface area contributed by atoms with Crippen LogP contribution in [0.25, 0.3) is 11.1 Å². The summed E-state index contributed by atoms with van der Waals surface area (Å²) in [5.41, 5.74) is 7.18. The first-order valence-corrected chi connectivity index (χ1v) is 10.7. The molecule has 0 spiro atoms. The Bertz CT molecular complexity index is 937. The Hall–Kier alpha value is -1.83. The van der Waals surface area contributed by atoms with Crippen molar-refractivity contribution in [3.63, 3.8) is 0 Å². The summed E-state index contributed by atoms with van der Waals surface area (Å²) in [7, 11) is 0. The molecule has 0 bridgehead atoms. The van der Waals surface area contributed by atoms with Gasteiger partial charge < -0.3 is 14.9 Å². The van der Waals surface area contributed by atoms with Gasteiger partial charge >= 0.3 is 5.76 Å². The molecular formula is C22H32ClN3O4. The van der Waals surface area contributed by atoms with Gasteiger partial charge in [-0.25, -0.2) is 4.79 Å². The maximum atomic E-state index is 12.5. The zero-order chi connectivity index (χ0) is 20.6. The van der Waals surface area contributed by atoms with Crippen LogP contribution in [0.15, 0.2) is 27.4 Å². The third-order valence-electron chi connectivity index (χ3n) is 6.90. The number of ether oxygens (including phenoxy) is 1. The van der Waals surface area contributed by atoms with Crippen LogP contribution in [0.4, 0.5) is 0 Å². The SMILES string of the molecule is CCOC1CCC(C)(N2CCC(n3c(=O)oc4ccc(C(N)=O)cc43)CC2)CC1.Cl. The molecule has 4 rings (SSSR count). The lowest BCUT2D eigenvalue weighted by molar-refractivity contribution is -0.0274.